The molecule has 4 N–H and O–H groups in total. The molecule has 0 saturated carbocycles. The van der Waals surface area contributed by atoms with Crippen molar-refractivity contribution in [1.82, 2.24) is 0 Å². The first kappa shape index (κ1) is 15.3. The molecule has 0 aliphatic heterocycles. The summed E-state index contributed by atoms with van der Waals surface area (Å²) in [6.07, 6.45) is -2.31. The number of quaternary nitrogens is 1. The Labute approximate surface area is 79.1 Å². The van der Waals surface area contributed by atoms with Crippen molar-refractivity contribution in [3.63, 3.8) is 0 Å². The van der Waals surface area contributed by atoms with Gasteiger partial charge in [0.1, 0.15) is 0 Å². The minimum Gasteiger partial charge on any atom is -0.870 e. The summed E-state index contributed by atoms with van der Waals surface area (Å²) in [6, 6.07) is 0. The zero-order valence-electron chi connectivity index (χ0n) is 8.68. The molecule has 0 aliphatic rings. The molecule has 0 saturated heterocycles. The van der Waals surface area contributed by atoms with E-state index in [0.29, 0.717) is 6.54 Å². The smallest absolute Gasteiger partial charge is 0.191 e. The first-order valence-electron chi connectivity index (χ1n) is 4.30. The lowest BCUT2D eigenvalue weighted by Gasteiger charge is -2.44. The predicted octanol–water partition coefficient (Wildman–Crippen LogP) is -0.339. The highest BCUT2D eigenvalue weighted by atomic mass is 16.4. The standard InChI is InChI=1S/C8H20NO3.H2O/c1-5-9(6(2)10,7(3)11)8(4)12;/h6-8,10-12H,5H2,1-4H3;1H2/q+1;/p-1. The van der Waals surface area contributed by atoms with Crippen molar-refractivity contribution in [2.75, 3.05) is 6.54 Å². The minimum atomic E-state index is -0.769. The van der Waals surface area contributed by atoms with Gasteiger partial charge in [-0.1, -0.05) is 0 Å². The van der Waals surface area contributed by atoms with E-state index in [1.807, 2.05) is 6.92 Å². The third-order valence-corrected chi connectivity index (χ3v) is 2.63. The van der Waals surface area contributed by atoms with E-state index in [0.717, 1.165) is 0 Å². The molecule has 0 aromatic rings. The number of aliphatic hydroxyl groups is 3. The van der Waals surface area contributed by atoms with Gasteiger partial charge in [0.25, 0.3) is 0 Å². The minimum absolute atomic E-state index is 0. The molecule has 5 nitrogen and oxygen atoms in total. The van der Waals surface area contributed by atoms with Crippen molar-refractivity contribution in [2.24, 2.45) is 0 Å². The van der Waals surface area contributed by atoms with Crippen molar-refractivity contribution >= 4 is 0 Å². The molecule has 0 radical (unpaired) electrons. The van der Waals surface area contributed by atoms with E-state index in [1.54, 1.807) is 20.8 Å². The molecule has 0 fully saturated rings. The fourth-order valence-corrected chi connectivity index (χ4v) is 1.73. The Kier molecular flexibility index (Phi) is 6.48. The van der Waals surface area contributed by atoms with Crippen LogP contribution in [0.2, 0.25) is 0 Å². The van der Waals surface area contributed by atoms with Gasteiger partial charge in [0.05, 0.1) is 6.54 Å². The van der Waals surface area contributed by atoms with Crippen LogP contribution in [-0.2, 0) is 0 Å². The third-order valence-electron chi connectivity index (χ3n) is 2.63. The van der Waals surface area contributed by atoms with Gasteiger partial charge in [0.2, 0.25) is 0 Å². The van der Waals surface area contributed by atoms with Gasteiger partial charge in [0, 0.05) is 20.8 Å². The summed E-state index contributed by atoms with van der Waals surface area (Å²) in [5, 5.41) is 28.4. The highest BCUT2D eigenvalue weighted by molar-refractivity contribution is 4.44. The fraction of sp³-hybridized carbons (Fsp3) is 1.00. The van der Waals surface area contributed by atoms with E-state index in [-0.39, 0.29) is 9.96 Å². The lowest BCUT2D eigenvalue weighted by Crippen LogP contribution is -2.64. The van der Waals surface area contributed by atoms with Crippen LogP contribution in [0.5, 0.6) is 0 Å². The molecule has 13 heavy (non-hydrogen) atoms. The van der Waals surface area contributed by atoms with Gasteiger partial charge in [-0.15, -0.1) is 0 Å². The van der Waals surface area contributed by atoms with Crippen molar-refractivity contribution < 1.29 is 25.3 Å². The molecule has 3 atom stereocenters. The van der Waals surface area contributed by atoms with Gasteiger partial charge in [-0.2, -0.15) is 0 Å². The van der Waals surface area contributed by atoms with Crippen LogP contribution in [-0.4, -0.2) is 50.5 Å². The van der Waals surface area contributed by atoms with E-state index in [1.165, 1.54) is 0 Å². The van der Waals surface area contributed by atoms with Gasteiger partial charge in [0.15, 0.2) is 18.7 Å². The molecular weight excluding hydrogens is 174 g/mol. The first-order chi connectivity index (χ1) is 5.39. The fourth-order valence-electron chi connectivity index (χ4n) is 1.73. The highest BCUT2D eigenvalue weighted by Gasteiger charge is 2.40. The van der Waals surface area contributed by atoms with Gasteiger partial charge in [-0.3, -0.25) is 4.48 Å². The Morgan fingerprint density at radius 2 is 1.15 bits per heavy atom. The summed E-state index contributed by atoms with van der Waals surface area (Å²) in [7, 11) is 0. The molecular formula is C8H21NO4. The molecule has 0 aromatic carbocycles. The van der Waals surface area contributed by atoms with Crippen molar-refractivity contribution in [2.45, 2.75) is 46.4 Å². The average molecular weight is 195 g/mol. The van der Waals surface area contributed by atoms with Gasteiger partial charge < -0.3 is 20.8 Å². The van der Waals surface area contributed by atoms with Crippen LogP contribution in [0.3, 0.4) is 0 Å². The van der Waals surface area contributed by atoms with Crippen LogP contribution < -0.4 is 0 Å². The molecule has 5 heteroatoms. The number of rotatable bonds is 4. The summed E-state index contributed by atoms with van der Waals surface area (Å²) in [5.74, 6) is 0. The Morgan fingerprint density at radius 1 is 0.923 bits per heavy atom. The van der Waals surface area contributed by atoms with Crippen LogP contribution in [0.1, 0.15) is 27.7 Å². The van der Waals surface area contributed by atoms with Crippen molar-refractivity contribution in [3.05, 3.63) is 0 Å². The quantitative estimate of drug-likeness (QED) is 0.423. The summed E-state index contributed by atoms with van der Waals surface area (Å²) in [4.78, 5) is 0. The molecule has 82 valence electrons. The molecule has 0 heterocycles. The lowest BCUT2D eigenvalue weighted by atomic mass is 10.2. The predicted molar refractivity (Wildman–Crippen MR) is 47.8 cm³/mol. The van der Waals surface area contributed by atoms with Crippen molar-refractivity contribution in [1.29, 1.82) is 0 Å². The molecule has 0 rings (SSSR count). The van der Waals surface area contributed by atoms with Crippen LogP contribution in [0.15, 0.2) is 0 Å². The molecule has 0 bridgehead atoms. The van der Waals surface area contributed by atoms with Crippen LogP contribution in [0.4, 0.5) is 0 Å². The molecule has 3 unspecified atom stereocenters. The second-order valence-corrected chi connectivity index (χ2v) is 3.21. The summed E-state index contributed by atoms with van der Waals surface area (Å²) in [6.45, 7) is 7.04. The Balaban J connectivity index is 0. The van der Waals surface area contributed by atoms with E-state index in [9.17, 15) is 15.3 Å². The van der Waals surface area contributed by atoms with E-state index in [2.05, 4.69) is 0 Å². The second-order valence-electron chi connectivity index (χ2n) is 3.21. The zero-order valence-corrected chi connectivity index (χ0v) is 8.68. The molecule has 0 aromatic heterocycles. The van der Waals surface area contributed by atoms with E-state index >= 15 is 0 Å². The van der Waals surface area contributed by atoms with Crippen molar-refractivity contribution in [3.8, 4) is 0 Å². The van der Waals surface area contributed by atoms with Crippen LogP contribution in [0, 0.1) is 0 Å². The normalized spacial score (nSPS) is 22.4. The largest absolute Gasteiger partial charge is 0.870 e. The maximum Gasteiger partial charge on any atom is 0.191 e. The molecule has 0 spiro atoms. The van der Waals surface area contributed by atoms with Gasteiger partial charge in [-0.05, 0) is 6.92 Å². The van der Waals surface area contributed by atoms with Gasteiger partial charge in [-0.25, -0.2) is 0 Å². The Morgan fingerprint density at radius 3 is 1.15 bits per heavy atom. The maximum atomic E-state index is 9.46. The molecule has 0 amide bonds. The average Bonchev–Trinajstić information content (AvgIpc) is 1.86. The van der Waals surface area contributed by atoms with Gasteiger partial charge >= 0.3 is 0 Å². The summed E-state index contributed by atoms with van der Waals surface area (Å²) in [5.41, 5.74) is 0. The first-order valence-corrected chi connectivity index (χ1v) is 4.30. The van der Waals surface area contributed by atoms with Crippen LogP contribution >= 0.6 is 0 Å². The summed E-state index contributed by atoms with van der Waals surface area (Å²) >= 11 is 0. The summed E-state index contributed by atoms with van der Waals surface area (Å²) < 4.78 is -0.0972. The molecule has 0 aliphatic carbocycles. The second kappa shape index (κ2) is 5.51. The van der Waals surface area contributed by atoms with E-state index in [4.69, 9.17) is 0 Å². The number of hydrogen-bond acceptors (Lipinski definition) is 4. The Bertz CT molecular complexity index is 114. The third kappa shape index (κ3) is 2.62. The lowest BCUT2D eigenvalue weighted by molar-refractivity contribution is -1.04. The monoisotopic (exact) mass is 195 g/mol. The number of nitrogens with zero attached hydrogens (tertiary/aromatic N) is 1. The highest BCUT2D eigenvalue weighted by Crippen LogP contribution is 2.19. The SMILES string of the molecule is CC[N+](C(C)O)(C(C)O)C(C)O.[OH-]. The topological polar surface area (TPSA) is 90.7 Å². The van der Waals surface area contributed by atoms with Crippen LogP contribution in [0.25, 0.3) is 0 Å². The van der Waals surface area contributed by atoms with E-state index < -0.39 is 18.7 Å². The maximum absolute atomic E-state index is 9.46. The Hall–Kier alpha value is -0.200. The number of hydrogen-bond donors (Lipinski definition) is 3. The number of aliphatic hydroxyl groups excluding tert-OH is 3. The zero-order chi connectivity index (χ0) is 9.94.